The van der Waals surface area contributed by atoms with Gasteiger partial charge in [0, 0.05) is 18.1 Å². The van der Waals surface area contributed by atoms with Crippen LogP contribution in [0.1, 0.15) is 18.5 Å². The Bertz CT molecular complexity index is 790. The summed E-state index contributed by atoms with van der Waals surface area (Å²) in [6.07, 6.45) is 0.901. The summed E-state index contributed by atoms with van der Waals surface area (Å²) < 4.78 is 5.89. The number of amides is 1. The van der Waals surface area contributed by atoms with Crippen molar-refractivity contribution in [3.05, 3.63) is 16.9 Å². The molecule has 7 nitrogen and oxygen atoms in total. The van der Waals surface area contributed by atoms with Gasteiger partial charge in [0.25, 0.3) is 0 Å². The number of hydrogen-bond acceptors (Lipinski definition) is 5. The Labute approximate surface area is 138 Å². The van der Waals surface area contributed by atoms with Crippen LogP contribution in [0.3, 0.4) is 0 Å². The van der Waals surface area contributed by atoms with Crippen LogP contribution in [0.25, 0.3) is 10.9 Å². The van der Waals surface area contributed by atoms with Gasteiger partial charge >= 0.3 is 0 Å². The van der Waals surface area contributed by atoms with Gasteiger partial charge in [-0.1, -0.05) is 11.6 Å². The van der Waals surface area contributed by atoms with Gasteiger partial charge in [0.1, 0.15) is 23.2 Å². The van der Waals surface area contributed by atoms with Crippen molar-refractivity contribution < 1.29 is 9.53 Å². The molecular weight excluding hydrogens is 318 g/mol. The summed E-state index contributed by atoms with van der Waals surface area (Å²) in [5, 5.41) is 7.38. The fourth-order valence-corrected chi connectivity index (χ4v) is 3.55. The standard InChI is InChI=1S/C15H18ClN5O2/c1-7-5-8-11(19-7)12-14(20-13(8)16)21(6-18-12)10-4-3-9(23-10)15(22)17-2/h5,9-10,18-19H,3-4,6H2,1-2H3,(H,17,22). The normalized spacial score (nSPS) is 23.2. The Hall–Kier alpha value is -1.99. The molecule has 2 aliphatic heterocycles. The van der Waals surface area contributed by atoms with Crippen molar-refractivity contribution in [2.75, 3.05) is 23.9 Å². The molecule has 0 radical (unpaired) electrons. The molecule has 0 aromatic carbocycles. The quantitative estimate of drug-likeness (QED) is 0.731. The summed E-state index contributed by atoms with van der Waals surface area (Å²) in [6.45, 7) is 2.57. The molecule has 3 N–H and O–H groups in total. The second kappa shape index (κ2) is 5.28. The lowest BCUT2D eigenvalue weighted by Gasteiger charge is -2.24. The number of halogens is 1. The number of nitrogens with one attached hydrogen (secondary N) is 3. The number of H-pyrrole nitrogens is 1. The van der Waals surface area contributed by atoms with E-state index in [2.05, 4.69) is 20.6 Å². The minimum atomic E-state index is -0.402. The minimum Gasteiger partial charge on any atom is -0.363 e. The molecule has 2 aromatic rings. The van der Waals surface area contributed by atoms with E-state index in [-0.39, 0.29) is 12.1 Å². The Morgan fingerprint density at radius 2 is 2.35 bits per heavy atom. The lowest BCUT2D eigenvalue weighted by molar-refractivity contribution is -0.131. The molecule has 122 valence electrons. The van der Waals surface area contributed by atoms with E-state index < -0.39 is 6.10 Å². The number of pyridine rings is 1. The van der Waals surface area contributed by atoms with Crippen LogP contribution >= 0.6 is 11.6 Å². The zero-order valence-electron chi connectivity index (χ0n) is 12.9. The highest BCUT2D eigenvalue weighted by molar-refractivity contribution is 6.35. The molecule has 1 fully saturated rings. The van der Waals surface area contributed by atoms with Crippen molar-refractivity contribution in [3.8, 4) is 0 Å². The summed E-state index contributed by atoms with van der Waals surface area (Å²) >= 11 is 6.34. The van der Waals surface area contributed by atoms with Crippen LogP contribution in [-0.4, -0.2) is 41.9 Å². The van der Waals surface area contributed by atoms with Crippen molar-refractivity contribution in [1.29, 1.82) is 0 Å². The van der Waals surface area contributed by atoms with Gasteiger partial charge < -0.3 is 25.3 Å². The molecule has 2 atom stereocenters. The van der Waals surface area contributed by atoms with E-state index in [1.54, 1.807) is 7.05 Å². The van der Waals surface area contributed by atoms with Crippen LogP contribution in [0.5, 0.6) is 0 Å². The minimum absolute atomic E-state index is 0.0821. The average molecular weight is 336 g/mol. The summed E-state index contributed by atoms with van der Waals surface area (Å²) in [6, 6.07) is 1.99. The summed E-state index contributed by atoms with van der Waals surface area (Å²) in [5.41, 5.74) is 2.93. The molecular formula is C15H18ClN5O2. The van der Waals surface area contributed by atoms with Crippen molar-refractivity contribution in [3.63, 3.8) is 0 Å². The number of anilines is 2. The zero-order chi connectivity index (χ0) is 16.1. The summed E-state index contributed by atoms with van der Waals surface area (Å²) in [4.78, 5) is 21.6. The maximum atomic E-state index is 11.7. The van der Waals surface area contributed by atoms with E-state index in [1.807, 2.05) is 17.9 Å². The van der Waals surface area contributed by atoms with Crippen molar-refractivity contribution >= 4 is 39.9 Å². The van der Waals surface area contributed by atoms with Gasteiger partial charge in [-0.2, -0.15) is 0 Å². The maximum absolute atomic E-state index is 11.7. The smallest absolute Gasteiger partial charge is 0.248 e. The second-order valence-corrected chi connectivity index (χ2v) is 6.28. The third-order valence-corrected chi connectivity index (χ3v) is 4.72. The first-order chi connectivity index (χ1) is 11.1. The van der Waals surface area contributed by atoms with Gasteiger partial charge in [-0.3, -0.25) is 4.79 Å². The van der Waals surface area contributed by atoms with Crippen molar-refractivity contribution in [1.82, 2.24) is 15.3 Å². The number of carbonyl (C=O) groups excluding carboxylic acids is 1. The molecule has 2 aliphatic rings. The van der Waals surface area contributed by atoms with Crippen LogP contribution in [0, 0.1) is 6.92 Å². The Morgan fingerprint density at radius 1 is 1.52 bits per heavy atom. The predicted octanol–water partition coefficient (Wildman–Crippen LogP) is 1.97. The monoisotopic (exact) mass is 335 g/mol. The molecule has 0 spiro atoms. The van der Waals surface area contributed by atoms with Crippen molar-refractivity contribution in [2.45, 2.75) is 32.1 Å². The first kappa shape index (κ1) is 14.6. The lowest BCUT2D eigenvalue weighted by Crippen LogP contribution is -2.38. The van der Waals surface area contributed by atoms with Crippen LogP contribution in [0.2, 0.25) is 5.15 Å². The number of aromatic amines is 1. The van der Waals surface area contributed by atoms with Crippen LogP contribution in [-0.2, 0) is 9.53 Å². The third kappa shape index (κ3) is 2.22. The second-order valence-electron chi connectivity index (χ2n) is 5.92. The van der Waals surface area contributed by atoms with Gasteiger partial charge in [0.2, 0.25) is 5.91 Å². The van der Waals surface area contributed by atoms with Crippen molar-refractivity contribution in [2.24, 2.45) is 0 Å². The van der Waals surface area contributed by atoms with Gasteiger partial charge in [-0.25, -0.2) is 4.98 Å². The molecule has 0 bridgehead atoms. The van der Waals surface area contributed by atoms with Gasteiger partial charge in [0.05, 0.1) is 12.2 Å². The fourth-order valence-electron chi connectivity index (χ4n) is 3.33. The highest BCUT2D eigenvalue weighted by atomic mass is 35.5. The Morgan fingerprint density at radius 3 is 3.13 bits per heavy atom. The Balaban J connectivity index is 1.67. The van der Waals surface area contributed by atoms with Crippen LogP contribution in [0.15, 0.2) is 6.07 Å². The number of rotatable bonds is 2. The van der Waals surface area contributed by atoms with Gasteiger partial charge in [-0.15, -0.1) is 0 Å². The number of fused-ring (bicyclic) bond motifs is 3. The lowest BCUT2D eigenvalue weighted by atomic mass is 10.2. The molecule has 4 rings (SSSR count). The molecule has 1 saturated heterocycles. The topological polar surface area (TPSA) is 82.3 Å². The highest BCUT2D eigenvalue weighted by Gasteiger charge is 2.38. The predicted molar refractivity (Wildman–Crippen MR) is 88.8 cm³/mol. The third-order valence-electron chi connectivity index (χ3n) is 4.43. The number of aromatic nitrogens is 2. The molecule has 8 heteroatoms. The number of aryl methyl sites for hydroxylation is 1. The highest BCUT2D eigenvalue weighted by Crippen LogP contribution is 2.41. The fraction of sp³-hybridized carbons (Fsp3) is 0.467. The van der Waals surface area contributed by atoms with E-state index in [4.69, 9.17) is 16.3 Å². The summed E-state index contributed by atoms with van der Waals surface area (Å²) in [5.74, 6) is 0.688. The zero-order valence-corrected chi connectivity index (χ0v) is 13.7. The van der Waals surface area contributed by atoms with E-state index >= 15 is 0 Å². The molecule has 0 aliphatic carbocycles. The molecule has 4 heterocycles. The maximum Gasteiger partial charge on any atom is 0.248 e. The molecule has 2 unspecified atom stereocenters. The molecule has 23 heavy (non-hydrogen) atoms. The molecule has 1 amide bonds. The molecule has 0 saturated carbocycles. The SMILES string of the molecule is CNC(=O)C1CCC(N2CNc3c2nc(Cl)c2cc(C)[nH]c32)O1. The Kier molecular flexibility index (Phi) is 3.35. The first-order valence-corrected chi connectivity index (χ1v) is 8.02. The molecule has 2 aromatic heterocycles. The van der Waals surface area contributed by atoms with E-state index in [0.29, 0.717) is 18.2 Å². The van der Waals surface area contributed by atoms with Crippen LogP contribution < -0.4 is 15.5 Å². The number of nitrogens with zero attached hydrogens (tertiary/aromatic N) is 2. The average Bonchev–Trinajstić information content (AvgIpc) is 3.22. The van der Waals surface area contributed by atoms with E-state index in [9.17, 15) is 4.79 Å². The number of carbonyl (C=O) groups is 1. The number of hydrogen-bond donors (Lipinski definition) is 3. The first-order valence-electron chi connectivity index (χ1n) is 7.65. The van der Waals surface area contributed by atoms with Gasteiger partial charge in [0.15, 0.2) is 5.82 Å². The van der Waals surface area contributed by atoms with E-state index in [1.165, 1.54) is 0 Å². The largest absolute Gasteiger partial charge is 0.363 e. The van der Waals surface area contributed by atoms with E-state index in [0.717, 1.165) is 34.5 Å². The number of ether oxygens (including phenoxy) is 1. The summed E-state index contributed by atoms with van der Waals surface area (Å²) in [7, 11) is 1.62. The van der Waals surface area contributed by atoms with Crippen LogP contribution in [0.4, 0.5) is 11.5 Å². The van der Waals surface area contributed by atoms with Gasteiger partial charge in [-0.05, 0) is 25.8 Å². The number of likely N-dealkylation sites (N-methyl/N-ethyl adjacent to an activating group) is 1.